The number of aromatic hydroxyl groups is 1. The SMILES string of the molecule is O=C1c2ccccc2C(=O)N1CCCCSC(N=Nc1c(O)[nH]c2ccccc12)=NCC1CCCO1. The Bertz CT molecular complexity index is 1290. The molecule has 3 heterocycles. The number of carbonyl (C=O) groups is 2. The van der Waals surface area contributed by atoms with Gasteiger partial charge >= 0.3 is 0 Å². The highest BCUT2D eigenvalue weighted by atomic mass is 32.2. The van der Waals surface area contributed by atoms with Crippen molar-refractivity contribution in [3.63, 3.8) is 0 Å². The second-order valence-electron chi connectivity index (χ2n) is 8.69. The van der Waals surface area contributed by atoms with E-state index in [0.717, 1.165) is 36.8 Å². The van der Waals surface area contributed by atoms with Crippen molar-refractivity contribution in [2.45, 2.75) is 31.8 Å². The highest BCUT2D eigenvalue weighted by Gasteiger charge is 2.34. The number of thioether (sulfide) groups is 1. The lowest BCUT2D eigenvalue weighted by Gasteiger charge is -2.13. The van der Waals surface area contributed by atoms with Crippen LogP contribution in [-0.4, -0.2) is 63.5 Å². The van der Waals surface area contributed by atoms with Crippen LogP contribution in [0.4, 0.5) is 5.69 Å². The number of fused-ring (bicyclic) bond motifs is 2. The molecule has 0 saturated carbocycles. The van der Waals surface area contributed by atoms with Crippen molar-refractivity contribution < 1.29 is 19.4 Å². The standard InChI is InChI=1S/C26H27N5O4S/c32-23-22(20-11-3-4-12-21(20)28-23)29-30-26(27-16-17-8-7-14-35-17)36-15-6-5-13-31-24(33)18-9-1-2-10-19(18)25(31)34/h1-4,9-12,17,28,32H,5-8,13-16H2. The van der Waals surface area contributed by atoms with Gasteiger partial charge in [0.2, 0.25) is 11.0 Å². The number of ether oxygens (including phenoxy) is 1. The van der Waals surface area contributed by atoms with Gasteiger partial charge in [-0.15, -0.1) is 10.2 Å². The summed E-state index contributed by atoms with van der Waals surface area (Å²) in [6.07, 6.45) is 3.54. The first kappa shape index (κ1) is 24.2. The third-order valence-corrected chi connectivity index (χ3v) is 7.20. The van der Waals surface area contributed by atoms with Crippen LogP contribution in [0.25, 0.3) is 10.9 Å². The maximum Gasteiger partial charge on any atom is 0.261 e. The number of amides is 2. The molecule has 1 atom stereocenters. The molecule has 1 unspecified atom stereocenters. The summed E-state index contributed by atoms with van der Waals surface area (Å²) in [4.78, 5) is 33.9. The minimum atomic E-state index is -0.227. The van der Waals surface area contributed by atoms with Gasteiger partial charge in [0.05, 0.1) is 29.3 Å². The van der Waals surface area contributed by atoms with Crippen molar-refractivity contribution >= 4 is 45.3 Å². The molecule has 2 amide bonds. The van der Waals surface area contributed by atoms with Crippen molar-refractivity contribution in [1.29, 1.82) is 0 Å². The maximum absolute atomic E-state index is 12.5. The number of aliphatic imine (C=N–C) groups is 1. The number of hydrogen-bond acceptors (Lipinski definition) is 7. The van der Waals surface area contributed by atoms with Crippen LogP contribution in [0.3, 0.4) is 0 Å². The zero-order valence-electron chi connectivity index (χ0n) is 19.7. The minimum absolute atomic E-state index is 0.0376. The summed E-state index contributed by atoms with van der Waals surface area (Å²) in [6.45, 7) is 1.64. The van der Waals surface area contributed by atoms with Crippen LogP contribution >= 0.6 is 11.8 Å². The summed E-state index contributed by atoms with van der Waals surface area (Å²) in [6, 6.07) is 14.4. The summed E-state index contributed by atoms with van der Waals surface area (Å²) in [5.74, 6) is 0.208. The van der Waals surface area contributed by atoms with Gasteiger partial charge in [0.15, 0.2) is 5.69 Å². The monoisotopic (exact) mass is 505 g/mol. The maximum atomic E-state index is 12.5. The number of H-pyrrole nitrogens is 1. The van der Waals surface area contributed by atoms with E-state index in [0.29, 0.717) is 47.2 Å². The molecule has 2 aliphatic heterocycles. The van der Waals surface area contributed by atoms with Crippen molar-refractivity contribution in [3.05, 3.63) is 59.7 Å². The lowest BCUT2D eigenvalue weighted by molar-refractivity contribution is 0.0652. The number of azo groups is 1. The number of imide groups is 1. The van der Waals surface area contributed by atoms with Crippen molar-refractivity contribution in [2.24, 2.45) is 15.2 Å². The number of hydrogen-bond donors (Lipinski definition) is 2. The first-order valence-electron chi connectivity index (χ1n) is 12.1. The van der Waals surface area contributed by atoms with E-state index in [4.69, 9.17) is 4.74 Å². The fourth-order valence-corrected chi connectivity index (χ4v) is 5.15. The van der Waals surface area contributed by atoms with Gasteiger partial charge in [-0.05, 0) is 43.9 Å². The Kier molecular flexibility index (Phi) is 7.43. The van der Waals surface area contributed by atoms with Crippen LogP contribution in [0, 0.1) is 0 Å². The molecule has 0 aliphatic carbocycles. The second-order valence-corrected chi connectivity index (χ2v) is 9.75. The normalized spacial score (nSPS) is 18.2. The molecule has 1 saturated heterocycles. The number of aromatic nitrogens is 1. The number of aromatic amines is 1. The van der Waals surface area contributed by atoms with Gasteiger partial charge in [-0.25, -0.2) is 0 Å². The number of unbranched alkanes of at least 4 members (excludes halogenated alkanes) is 1. The molecule has 10 heteroatoms. The van der Waals surface area contributed by atoms with Crippen LogP contribution < -0.4 is 0 Å². The van der Waals surface area contributed by atoms with Gasteiger partial charge in [-0.1, -0.05) is 42.1 Å². The molecule has 1 aromatic heterocycles. The molecule has 0 radical (unpaired) electrons. The number of amidine groups is 1. The molecule has 186 valence electrons. The largest absolute Gasteiger partial charge is 0.493 e. The number of para-hydroxylation sites is 1. The van der Waals surface area contributed by atoms with Crippen LogP contribution in [0.2, 0.25) is 0 Å². The van der Waals surface area contributed by atoms with E-state index in [2.05, 4.69) is 20.2 Å². The van der Waals surface area contributed by atoms with Gasteiger partial charge in [0.1, 0.15) is 0 Å². The van der Waals surface area contributed by atoms with Crippen LogP contribution in [0.15, 0.2) is 63.8 Å². The zero-order chi connectivity index (χ0) is 24.9. The van der Waals surface area contributed by atoms with Gasteiger partial charge in [0.25, 0.3) is 11.8 Å². The number of nitrogens with zero attached hydrogens (tertiary/aromatic N) is 4. The molecular formula is C26H27N5O4S. The average molecular weight is 506 g/mol. The Hall–Kier alpha value is -3.50. The zero-order valence-corrected chi connectivity index (χ0v) is 20.5. The molecule has 0 bridgehead atoms. The fourth-order valence-electron chi connectivity index (χ4n) is 4.36. The summed E-state index contributed by atoms with van der Waals surface area (Å²) < 4.78 is 5.67. The fraction of sp³-hybridized carbons (Fsp3) is 0.346. The number of nitrogens with one attached hydrogen (secondary N) is 1. The Labute approximate surface area is 212 Å². The van der Waals surface area contributed by atoms with Crippen LogP contribution in [0.1, 0.15) is 46.4 Å². The topological polar surface area (TPSA) is 120 Å². The van der Waals surface area contributed by atoms with Crippen molar-refractivity contribution in [1.82, 2.24) is 9.88 Å². The Morgan fingerprint density at radius 2 is 1.83 bits per heavy atom. The predicted octanol–water partition coefficient (Wildman–Crippen LogP) is 5.30. The summed E-state index contributed by atoms with van der Waals surface area (Å²) in [5, 5.41) is 20.2. The lowest BCUT2D eigenvalue weighted by atomic mass is 10.1. The highest BCUT2D eigenvalue weighted by molar-refractivity contribution is 8.13. The molecule has 2 aliphatic rings. The van der Waals surface area contributed by atoms with Crippen molar-refractivity contribution in [2.75, 3.05) is 25.4 Å². The first-order chi connectivity index (χ1) is 17.6. The Morgan fingerprint density at radius 3 is 2.58 bits per heavy atom. The molecule has 9 nitrogen and oxygen atoms in total. The molecule has 2 N–H and O–H groups in total. The third kappa shape index (κ3) is 5.19. The quantitative estimate of drug-likeness (QED) is 0.141. The molecule has 1 fully saturated rings. The Morgan fingerprint density at radius 1 is 1.08 bits per heavy atom. The Balaban J connectivity index is 1.19. The van der Waals surface area contributed by atoms with Gasteiger partial charge in [-0.2, -0.15) is 0 Å². The number of rotatable bonds is 8. The molecule has 36 heavy (non-hydrogen) atoms. The van der Waals surface area contributed by atoms with Gasteiger partial charge in [-0.3, -0.25) is 19.5 Å². The molecule has 2 aromatic carbocycles. The van der Waals surface area contributed by atoms with Crippen LogP contribution in [-0.2, 0) is 4.74 Å². The van der Waals surface area contributed by atoms with E-state index in [-0.39, 0.29) is 23.8 Å². The van der Waals surface area contributed by atoms with E-state index in [1.54, 1.807) is 24.3 Å². The van der Waals surface area contributed by atoms with E-state index >= 15 is 0 Å². The lowest BCUT2D eigenvalue weighted by Crippen LogP contribution is -2.30. The van der Waals surface area contributed by atoms with E-state index in [9.17, 15) is 14.7 Å². The van der Waals surface area contributed by atoms with E-state index in [1.807, 2.05) is 24.3 Å². The number of benzene rings is 2. The average Bonchev–Trinajstić information content (AvgIpc) is 3.59. The van der Waals surface area contributed by atoms with E-state index in [1.165, 1.54) is 16.7 Å². The molecule has 0 spiro atoms. The number of carbonyl (C=O) groups excluding carboxylic acids is 2. The highest BCUT2D eigenvalue weighted by Crippen LogP contribution is 2.35. The summed E-state index contributed by atoms with van der Waals surface area (Å²) in [7, 11) is 0. The first-order valence-corrected chi connectivity index (χ1v) is 13.1. The smallest absolute Gasteiger partial charge is 0.261 e. The predicted molar refractivity (Wildman–Crippen MR) is 139 cm³/mol. The molecule has 3 aromatic rings. The van der Waals surface area contributed by atoms with Crippen molar-refractivity contribution in [3.8, 4) is 5.88 Å². The molecular weight excluding hydrogens is 478 g/mol. The third-order valence-electron chi connectivity index (χ3n) is 6.23. The van der Waals surface area contributed by atoms with E-state index < -0.39 is 0 Å². The summed E-state index contributed by atoms with van der Waals surface area (Å²) in [5.41, 5.74) is 2.10. The summed E-state index contributed by atoms with van der Waals surface area (Å²) >= 11 is 1.46. The van der Waals surface area contributed by atoms with Crippen LogP contribution in [0.5, 0.6) is 5.88 Å². The van der Waals surface area contributed by atoms with Gasteiger partial charge in [0, 0.05) is 24.3 Å². The molecule has 5 rings (SSSR count). The van der Waals surface area contributed by atoms with Gasteiger partial charge < -0.3 is 14.8 Å². The minimum Gasteiger partial charge on any atom is -0.493 e. The second kappa shape index (κ2) is 11.0.